The molecular weight excluding hydrogens is 248 g/mol. The molecule has 0 bridgehead atoms. The normalized spacial score (nSPS) is 14.4. The van der Waals surface area contributed by atoms with Gasteiger partial charge in [-0.25, -0.2) is 11.7 Å². The molecule has 1 aromatic carbocycles. The van der Waals surface area contributed by atoms with Gasteiger partial charge in [0.15, 0.2) is 0 Å². The molecular formula is C12H18N4OS. The average Bonchev–Trinajstić information content (AvgIpc) is 3.20. The van der Waals surface area contributed by atoms with Gasteiger partial charge >= 0.3 is 0 Å². The standard InChI is InChI=1S/C12H18N4OS/c1-15(13)12(18)16(14)11-4-2-3-9(8-5-6-8)10(11)7-17/h2-4,8,17H,5-7,13-14H2,1H3. The number of thiocarbonyl (C=S) groups is 1. The van der Waals surface area contributed by atoms with Crippen LogP contribution in [-0.2, 0) is 6.61 Å². The van der Waals surface area contributed by atoms with Crippen LogP contribution in [0.5, 0.6) is 0 Å². The molecule has 1 aromatic rings. The third-order valence-corrected chi connectivity index (χ3v) is 3.61. The van der Waals surface area contributed by atoms with E-state index in [9.17, 15) is 5.11 Å². The summed E-state index contributed by atoms with van der Waals surface area (Å²) in [4.78, 5) is 0. The average molecular weight is 266 g/mol. The molecule has 2 rings (SSSR count). The quantitative estimate of drug-likeness (QED) is 0.427. The van der Waals surface area contributed by atoms with Crippen LogP contribution < -0.4 is 16.7 Å². The van der Waals surface area contributed by atoms with Crippen molar-refractivity contribution in [3.8, 4) is 0 Å². The van der Waals surface area contributed by atoms with E-state index in [1.807, 2.05) is 18.2 Å². The van der Waals surface area contributed by atoms with Gasteiger partial charge in [-0.2, -0.15) is 0 Å². The predicted molar refractivity (Wildman–Crippen MR) is 75.6 cm³/mol. The van der Waals surface area contributed by atoms with E-state index in [1.165, 1.54) is 22.9 Å². The van der Waals surface area contributed by atoms with Gasteiger partial charge in [0.05, 0.1) is 12.3 Å². The van der Waals surface area contributed by atoms with E-state index in [0.717, 1.165) is 11.1 Å². The molecule has 0 spiro atoms. The number of hydrazine groups is 2. The Labute approximate surface area is 112 Å². The van der Waals surface area contributed by atoms with E-state index in [-0.39, 0.29) is 6.61 Å². The Morgan fingerprint density at radius 1 is 1.44 bits per heavy atom. The van der Waals surface area contributed by atoms with Gasteiger partial charge in [-0.1, -0.05) is 12.1 Å². The maximum absolute atomic E-state index is 9.57. The fourth-order valence-corrected chi connectivity index (χ4v) is 2.14. The van der Waals surface area contributed by atoms with Gasteiger partial charge in [-0.15, -0.1) is 0 Å². The predicted octanol–water partition coefficient (Wildman–Crippen LogP) is 0.827. The smallest absolute Gasteiger partial charge is 0.204 e. The summed E-state index contributed by atoms with van der Waals surface area (Å²) in [5, 5.41) is 12.5. The Balaban J connectivity index is 2.37. The zero-order valence-electron chi connectivity index (χ0n) is 10.3. The largest absolute Gasteiger partial charge is 0.392 e. The lowest BCUT2D eigenvalue weighted by atomic mass is 10.0. The van der Waals surface area contributed by atoms with E-state index in [0.29, 0.717) is 16.7 Å². The Bertz CT molecular complexity index is 459. The minimum Gasteiger partial charge on any atom is -0.392 e. The molecule has 1 aliphatic rings. The Morgan fingerprint density at radius 2 is 2.11 bits per heavy atom. The second-order valence-electron chi connectivity index (χ2n) is 4.54. The SMILES string of the molecule is CN(N)C(=S)N(N)c1cccc(C2CC2)c1CO. The number of hydrogen-bond donors (Lipinski definition) is 3. The molecule has 0 unspecified atom stereocenters. The summed E-state index contributed by atoms with van der Waals surface area (Å²) >= 11 is 5.13. The molecule has 1 aliphatic carbocycles. The first-order chi connectivity index (χ1) is 8.56. The van der Waals surface area contributed by atoms with Gasteiger partial charge in [0.2, 0.25) is 5.11 Å². The molecule has 0 saturated heterocycles. The number of hydrogen-bond acceptors (Lipinski definition) is 4. The molecule has 6 heteroatoms. The van der Waals surface area contributed by atoms with E-state index in [4.69, 9.17) is 23.9 Å². The zero-order chi connectivity index (χ0) is 13.3. The topological polar surface area (TPSA) is 78.8 Å². The van der Waals surface area contributed by atoms with Crippen LogP contribution in [0.2, 0.25) is 0 Å². The van der Waals surface area contributed by atoms with Gasteiger partial charge in [0.25, 0.3) is 0 Å². The maximum Gasteiger partial charge on any atom is 0.204 e. The van der Waals surface area contributed by atoms with Crippen LogP contribution in [-0.4, -0.2) is 22.3 Å². The summed E-state index contributed by atoms with van der Waals surface area (Å²) in [6, 6.07) is 5.81. The van der Waals surface area contributed by atoms with Gasteiger partial charge < -0.3 is 5.11 Å². The van der Waals surface area contributed by atoms with Crippen molar-refractivity contribution in [2.75, 3.05) is 12.1 Å². The van der Waals surface area contributed by atoms with Crippen molar-refractivity contribution >= 4 is 23.0 Å². The van der Waals surface area contributed by atoms with Crippen LogP contribution >= 0.6 is 12.2 Å². The molecule has 0 aromatic heterocycles. The van der Waals surface area contributed by atoms with Crippen LogP contribution in [0.3, 0.4) is 0 Å². The van der Waals surface area contributed by atoms with E-state index in [2.05, 4.69) is 0 Å². The van der Waals surface area contributed by atoms with Crippen molar-refractivity contribution in [2.45, 2.75) is 25.4 Å². The number of benzene rings is 1. The molecule has 18 heavy (non-hydrogen) atoms. The first-order valence-corrected chi connectivity index (χ1v) is 6.27. The molecule has 0 amide bonds. The van der Waals surface area contributed by atoms with Crippen LogP contribution in [0, 0.1) is 0 Å². The summed E-state index contributed by atoms with van der Waals surface area (Å²) < 4.78 is 0. The molecule has 0 heterocycles. The van der Waals surface area contributed by atoms with Gasteiger partial charge in [0, 0.05) is 12.6 Å². The highest BCUT2D eigenvalue weighted by Gasteiger charge is 2.28. The number of aliphatic hydroxyl groups excluding tert-OH is 1. The summed E-state index contributed by atoms with van der Waals surface area (Å²) in [6.45, 7) is -0.0490. The zero-order valence-corrected chi connectivity index (χ0v) is 11.2. The van der Waals surface area contributed by atoms with Gasteiger partial charge in [-0.3, -0.25) is 10.0 Å². The number of anilines is 1. The second kappa shape index (κ2) is 5.19. The molecule has 98 valence electrons. The van der Waals surface area contributed by atoms with Crippen molar-refractivity contribution in [1.29, 1.82) is 0 Å². The summed E-state index contributed by atoms with van der Waals surface area (Å²) in [6.07, 6.45) is 2.34. The van der Waals surface area contributed by atoms with Crippen molar-refractivity contribution in [3.05, 3.63) is 29.3 Å². The fourth-order valence-electron chi connectivity index (χ4n) is 2.04. The molecule has 0 radical (unpaired) electrons. The minimum absolute atomic E-state index is 0.0490. The van der Waals surface area contributed by atoms with Gasteiger partial charge in [0.1, 0.15) is 0 Å². The minimum atomic E-state index is -0.0490. The van der Waals surface area contributed by atoms with Crippen molar-refractivity contribution < 1.29 is 5.11 Å². The van der Waals surface area contributed by atoms with Crippen molar-refractivity contribution in [1.82, 2.24) is 5.01 Å². The highest BCUT2D eigenvalue weighted by molar-refractivity contribution is 7.80. The van der Waals surface area contributed by atoms with Gasteiger partial charge in [-0.05, 0) is 42.6 Å². The van der Waals surface area contributed by atoms with Crippen LogP contribution in [0.1, 0.15) is 29.9 Å². The number of nitrogens with two attached hydrogens (primary N) is 2. The van der Waals surface area contributed by atoms with Crippen molar-refractivity contribution in [3.63, 3.8) is 0 Å². The Hall–Kier alpha value is -1.21. The third kappa shape index (κ3) is 2.46. The molecule has 1 saturated carbocycles. The Morgan fingerprint density at radius 3 is 2.61 bits per heavy atom. The van der Waals surface area contributed by atoms with Crippen molar-refractivity contribution in [2.24, 2.45) is 11.7 Å². The molecule has 0 atom stereocenters. The summed E-state index contributed by atoms with van der Waals surface area (Å²) in [5.74, 6) is 12.1. The highest BCUT2D eigenvalue weighted by atomic mass is 32.1. The van der Waals surface area contributed by atoms with Crippen LogP contribution in [0.4, 0.5) is 5.69 Å². The lowest BCUT2D eigenvalue weighted by molar-refractivity contribution is 0.281. The Kier molecular flexibility index (Phi) is 3.82. The highest BCUT2D eigenvalue weighted by Crippen LogP contribution is 2.43. The monoisotopic (exact) mass is 266 g/mol. The first-order valence-electron chi connectivity index (χ1n) is 5.86. The molecule has 5 N–H and O–H groups in total. The third-order valence-electron chi connectivity index (χ3n) is 3.13. The lowest BCUT2D eigenvalue weighted by Gasteiger charge is -2.26. The lowest BCUT2D eigenvalue weighted by Crippen LogP contribution is -2.48. The van der Waals surface area contributed by atoms with E-state index in [1.54, 1.807) is 7.05 Å². The van der Waals surface area contributed by atoms with E-state index < -0.39 is 0 Å². The second-order valence-corrected chi connectivity index (χ2v) is 4.91. The maximum atomic E-state index is 9.57. The first kappa shape index (κ1) is 13.2. The summed E-state index contributed by atoms with van der Waals surface area (Å²) in [7, 11) is 1.63. The number of nitrogens with zero attached hydrogens (tertiary/aromatic N) is 2. The van der Waals surface area contributed by atoms with Crippen LogP contribution in [0.25, 0.3) is 0 Å². The summed E-state index contributed by atoms with van der Waals surface area (Å²) in [5.41, 5.74) is 2.71. The number of aliphatic hydroxyl groups is 1. The fraction of sp³-hybridized carbons (Fsp3) is 0.417. The molecule has 0 aliphatic heterocycles. The number of rotatable bonds is 3. The van der Waals surface area contributed by atoms with Crippen LogP contribution in [0.15, 0.2) is 18.2 Å². The van der Waals surface area contributed by atoms with E-state index >= 15 is 0 Å². The molecule has 1 fully saturated rings. The molecule has 5 nitrogen and oxygen atoms in total.